The zero-order chi connectivity index (χ0) is 18.0. The molecule has 0 spiro atoms. The molecule has 4 N–H and O–H groups in total. The first-order valence-corrected chi connectivity index (χ1v) is 8.44. The van der Waals surface area contributed by atoms with Crippen LogP contribution in [0.4, 0.5) is 5.82 Å². The average molecular weight is 349 g/mol. The minimum atomic E-state index is -1.49. The maximum atomic E-state index is 9.52. The topological polar surface area (TPSA) is 88.8 Å². The molecule has 0 fully saturated rings. The Morgan fingerprint density at radius 1 is 1.19 bits per heavy atom. The number of rotatable bonds is 2. The summed E-state index contributed by atoms with van der Waals surface area (Å²) in [5.74, 6) is 0.855. The number of aliphatic hydroxyl groups is 2. The van der Waals surface area contributed by atoms with Gasteiger partial charge in [0.2, 0.25) is 0 Å². The molecule has 4 heterocycles. The van der Waals surface area contributed by atoms with Crippen LogP contribution in [0.1, 0.15) is 23.5 Å². The molecular formula is C19H19N5O2. The first kappa shape index (κ1) is 15.4. The third-order valence-electron chi connectivity index (χ3n) is 5.20. The number of nitrogens with zero attached hydrogens (tertiary/aromatic N) is 3. The lowest BCUT2D eigenvalue weighted by molar-refractivity contribution is -0.0423. The number of hydrazine groups is 1. The van der Waals surface area contributed by atoms with Crippen LogP contribution in [0.5, 0.6) is 0 Å². The van der Waals surface area contributed by atoms with Crippen molar-refractivity contribution in [2.45, 2.75) is 12.3 Å². The SMILES string of the molecule is CN1NC=C2C=Nc3[nH]c(-c4cn(C)c5ccc(C(O)O)cc45)cc3C21. The van der Waals surface area contributed by atoms with Crippen molar-refractivity contribution in [3.8, 4) is 11.3 Å². The summed E-state index contributed by atoms with van der Waals surface area (Å²) in [5, 5.41) is 22.1. The van der Waals surface area contributed by atoms with E-state index in [1.54, 1.807) is 6.07 Å². The predicted octanol–water partition coefficient (Wildman–Crippen LogP) is 2.25. The molecule has 7 heteroatoms. The number of benzene rings is 1. The Morgan fingerprint density at radius 2 is 2.04 bits per heavy atom. The van der Waals surface area contributed by atoms with Gasteiger partial charge in [0.15, 0.2) is 6.29 Å². The zero-order valence-electron chi connectivity index (χ0n) is 14.4. The molecule has 0 amide bonds. The van der Waals surface area contributed by atoms with Crippen molar-refractivity contribution < 1.29 is 10.2 Å². The van der Waals surface area contributed by atoms with Gasteiger partial charge in [-0.25, -0.2) is 10.0 Å². The van der Waals surface area contributed by atoms with Crippen LogP contribution in [0.25, 0.3) is 22.2 Å². The van der Waals surface area contributed by atoms with Gasteiger partial charge in [0, 0.05) is 71.6 Å². The summed E-state index contributed by atoms with van der Waals surface area (Å²) in [6.07, 6.45) is 4.41. The van der Waals surface area contributed by atoms with Gasteiger partial charge in [0.25, 0.3) is 0 Å². The van der Waals surface area contributed by atoms with E-state index in [0.29, 0.717) is 5.56 Å². The molecule has 7 nitrogen and oxygen atoms in total. The predicted molar refractivity (Wildman–Crippen MR) is 99.8 cm³/mol. The number of nitrogens with one attached hydrogen (secondary N) is 2. The number of H-pyrrole nitrogens is 1. The van der Waals surface area contributed by atoms with Crippen LogP contribution in [0.15, 0.2) is 47.2 Å². The van der Waals surface area contributed by atoms with Crippen LogP contribution < -0.4 is 5.43 Å². The number of hydrogen-bond donors (Lipinski definition) is 4. The monoisotopic (exact) mass is 349 g/mol. The molecule has 0 saturated carbocycles. The number of aromatic nitrogens is 2. The standard InChI is InChI=1S/C19H19N5O2/c1-23-9-14(12-5-10(19(25)26)3-4-16(12)23)15-6-13-17-11(8-21-24(17)2)7-20-18(13)22-15/h3-9,17,19,21-22,25-26H,1-2H3. The van der Waals surface area contributed by atoms with Crippen molar-refractivity contribution >= 4 is 22.9 Å². The Kier molecular flexibility index (Phi) is 3.14. The van der Waals surface area contributed by atoms with Crippen molar-refractivity contribution in [3.05, 3.63) is 53.4 Å². The molecule has 2 aliphatic rings. The second-order valence-electron chi connectivity index (χ2n) is 6.84. The molecule has 2 aromatic heterocycles. The van der Waals surface area contributed by atoms with E-state index in [2.05, 4.69) is 26.5 Å². The fourth-order valence-electron chi connectivity index (χ4n) is 3.89. The highest BCUT2D eigenvalue weighted by molar-refractivity contribution is 5.97. The Bertz CT molecular complexity index is 1090. The largest absolute Gasteiger partial charge is 0.364 e. The average Bonchev–Trinajstić information content (AvgIpc) is 3.30. The van der Waals surface area contributed by atoms with Crippen molar-refractivity contribution in [2.24, 2.45) is 12.0 Å². The van der Waals surface area contributed by atoms with Gasteiger partial charge in [0.05, 0.1) is 6.04 Å². The fourth-order valence-corrected chi connectivity index (χ4v) is 3.89. The lowest BCUT2D eigenvalue weighted by Crippen LogP contribution is -2.29. The van der Waals surface area contributed by atoms with Gasteiger partial charge in [-0.15, -0.1) is 0 Å². The molecule has 5 rings (SSSR count). The van der Waals surface area contributed by atoms with Gasteiger partial charge >= 0.3 is 0 Å². The molecule has 3 aromatic rings. The van der Waals surface area contributed by atoms with E-state index in [0.717, 1.165) is 39.1 Å². The molecule has 0 bridgehead atoms. The van der Waals surface area contributed by atoms with Gasteiger partial charge < -0.3 is 25.2 Å². The summed E-state index contributed by atoms with van der Waals surface area (Å²) >= 11 is 0. The molecule has 0 saturated heterocycles. The minimum absolute atomic E-state index is 0.136. The molecule has 1 unspecified atom stereocenters. The van der Waals surface area contributed by atoms with Crippen molar-refractivity contribution in [1.29, 1.82) is 0 Å². The van der Waals surface area contributed by atoms with Crippen molar-refractivity contribution in [1.82, 2.24) is 20.0 Å². The van der Waals surface area contributed by atoms with E-state index in [1.807, 2.05) is 49.4 Å². The fraction of sp³-hybridized carbons (Fsp3) is 0.211. The lowest BCUT2D eigenvalue weighted by atomic mass is 9.99. The lowest BCUT2D eigenvalue weighted by Gasteiger charge is -2.23. The highest BCUT2D eigenvalue weighted by Gasteiger charge is 2.32. The van der Waals surface area contributed by atoms with E-state index in [-0.39, 0.29) is 6.04 Å². The van der Waals surface area contributed by atoms with Crippen LogP contribution in [0, 0.1) is 0 Å². The summed E-state index contributed by atoms with van der Waals surface area (Å²) in [7, 11) is 3.99. The molecular weight excluding hydrogens is 330 g/mol. The van der Waals surface area contributed by atoms with Gasteiger partial charge in [-0.05, 0) is 18.2 Å². The molecule has 0 radical (unpaired) electrons. The molecule has 2 aliphatic heterocycles. The maximum Gasteiger partial charge on any atom is 0.178 e. The van der Waals surface area contributed by atoms with Crippen molar-refractivity contribution in [3.63, 3.8) is 0 Å². The van der Waals surface area contributed by atoms with Crippen LogP contribution in [-0.4, -0.2) is 38.0 Å². The first-order chi connectivity index (χ1) is 12.5. The van der Waals surface area contributed by atoms with Crippen LogP contribution >= 0.6 is 0 Å². The maximum absolute atomic E-state index is 9.52. The highest BCUT2D eigenvalue weighted by atomic mass is 16.5. The van der Waals surface area contributed by atoms with Crippen LogP contribution in [0.3, 0.4) is 0 Å². The summed E-state index contributed by atoms with van der Waals surface area (Å²) in [6, 6.07) is 7.73. The Balaban J connectivity index is 1.68. The van der Waals surface area contributed by atoms with Gasteiger partial charge in [0.1, 0.15) is 5.82 Å². The van der Waals surface area contributed by atoms with E-state index >= 15 is 0 Å². The Morgan fingerprint density at radius 3 is 2.85 bits per heavy atom. The Labute approximate surface area is 149 Å². The Hall–Kier alpha value is -2.87. The van der Waals surface area contributed by atoms with Gasteiger partial charge in [-0.1, -0.05) is 6.07 Å². The second kappa shape index (κ2) is 5.31. The third-order valence-corrected chi connectivity index (χ3v) is 5.20. The number of fused-ring (bicyclic) bond motifs is 4. The van der Waals surface area contributed by atoms with E-state index in [4.69, 9.17) is 0 Å². The summed E-state index contributed by atoms with van der Waals surface area (Å²) in [5.41, 5.74) is 8.94. The normalized spacial score (nSPS) is 19.0. The van der Waals surface area contributed by atoms with Crippen LogP contribution in [0.2, 0.25) is 0 Å². The summed E-state index contributed by atoms with van der Waals surface area (Å²) in [6.45, 7) is 0. The number of aliphatic hydroxyl groups excluding tert-OH is 1. The number of likely N-dealkylation sites (N-methyl/N-ethyl adjacent to an activating group) is 1. The quantitative estimate of drug-likeness (QED) is 0.534. The molecule has 0 aliphatic carbocycles. The van der Waals surface area contributed by atoms with E-state index in [1.165, 1.54) is 0 Å². The van der Waals surface area contributed by atoms with Gasteiger partial charge in [-0.3, -0.25) is 0 Å². The second-order valence-corrected chi connectivity index (χ2v) is 6.84. The summed E-state index contributed by atoms with van der Waals surface area (Å²) < 4.78 is 2.04. The number of aryl methyl sites for hydroxylation is 1. The highest BCUT2D eigenvalue weighted by Crippen LogP contribution is 2.42. The number of aliphatic imine (C=N–C) groups is 1. The number of aromatic amines is 1. The number of hydrogen-bond acceptors (Lipinski definition) is 5. The van der Waals surface area contributed by atoms with E-state index < -0.39 is 6.29 Å². The minimum Gasteiger partial charge on any atom is -0.364 e. The van der Waals surface area contributed by atoms with Gasteiger partial charge in [-0.2, -0.15) is 0 Å². The summed E-state index contributed by atoms with van der Waals surface area (Å²) in [4.78, 5) is 7.97. The molecule has 132 valence electrons. The third kappa shape index (κ3) is 2.08. The van der Waals surface area contributed by atoms with Crippen LogP contribution in [-0.2, 0) is 7.05 Å². The molecule has 26 heavy (non-hydrogen) atoms. The smallest absolute Gasteiger partial charge is 0.178 e. The van der Waals surface area contributed by atoms with Crippen molar-refractivity contribution in [2.75, 3.05) is 7.05 Å². The van der Waals surface area contributed by atoms with E-state index in [9.17, 15) is 10.2 Å². The zero-order valence-corrected chi connectivity index (χ0v) is 14.4. The first-order valence-electron chi connectivity index (χ1n) is 8.44. The molecule has 1 aromatic carbocycles. The molecule has 1 atom stereocenters.